The number of nitrogens with one attached hydrogen (secondary N) is 1. The van der Waals surface area contributed by atoms with Crippen molar-refractivity contribution in [2.75, 3.05) is 25.5 Å². The average molecular weight is 288 g/mol. The largest absolute Gasteiger partial charge is 0.469 e. The van der Waals surface area contributed by atoms with Gasteiger partial charge >= 0.3 is 5.97 Å². The number of nitrogens with zero attached hydrogens (tertiary/aromatic N) is 2. The molecule has 0 aliphatic heterocycles. The minimum Gasteiger partial charge on any atom is -0.469 e. The molecule has 0 aliphatic carbocycles. The minimum atomic E-state index is -0.201. The second-order valence-electron chi connectivity index (χ2n) is 4.65. The molecule has 2 aromatic rings. The molecule has 1 aromatic carbocycles. The Labute approximate surface area is 123 Å². The Bertz CT molecular complexity index is 616. The highest BCUT2D eigenvalue weighted by molar-refractivity contribution is 5.88. The quantitative estimate of drug-likeness (QED) is 0.592. The van der Waals surface area contributed by atoms with Gasteiger partial charge in [-0.3, -0.25) is 4.79 Å². The fraction of sp³-hybridized carbons (Fsp3) is 0.400. The number of fused-ring (bicyclic) bond motifs is 1. The van der Waals surface area contributed by atoms with E-state index in [4.69, 9.17) is 5.73 Å². The fourth-order valence-electron chi connectivity index (χ4n) is 2.04. The van der Waals surface area contributed by atoms with Gasteiger partial charge in [-0.05, 0) is 25.1 Å². The zero-order valence-electron chi connectivity index (χ0n) is 12.1. The number of rotatable bonds is 7. The van der Waals surface area contributed by atoms with Crippen LogP contribution in [0.2, 0.25) is 0 Å². The SMILES string of the molecule is COC(=O)CCCNc1nc(CCN)nc2ccccc12. The van der Waals surface area contributed by atoms with Crippen LogP contribution in [-0.2, 0) is 16.0 Å². The summed E-state index contributed by atoms with van der Waals surface area (Å²) in [6, 6.07) is 7.83. The van der Waals surface area contributed by atoms with Crippen molar-refractivity contribution in [3.63, 3.8) is 0 Å². The first kappa shape index (κ1) is 15.2. The van der Waals surface area contributed by atoms with Crippen LogP contribution in [0.25, 0.3) is 10.9 Å². The maximum absolute atomic E-state index is 11.1. The standard InChI is InChI=1S/C15H20N4O2/c1-21-14(20)7-4-10-17-15-11-5-2-3-6-12(11)18-13(19-15)8-9-16/h2-3,5-6H,4,7-10,16H2,1H3,(H,17,18,19). The van der Waals surface area contributed by atoms with Crippen LogP contribution in [0.5, 0.6) is 0 Å². The second kappa shape index (κ2) is 7.54. The maximum Gasteiger partial charge on any atom is 0.305 e. The van der Waals surface area contributed by atoms with E-state index in [1.54, 1.807) is 0 Å². The molecular weight excluding hydrogens is 268 g/mol. The molecule has 0 aliphatic rings. The number of ether oxygens (including phenoxy) is 1. The smallest absolute Gasteiger partial charge is 0.305 e. The van der Waals surface area contributed by atoms with Gasteiger partial charge in [-0.25, -0.2) is 9.97 Å². The number of anilines is 1. The first-order valence-corrected chi connectivity index (χ1v) is 7.01. The molecular formula is C15H20N4O2. The topological polar surface area (TPSA) is 90.1 Å². The number of nitrogens with two attached hydrogens (primary N) is 1. The molecule has 1 heterocycles. The van der Waals surface area contributed by atoms with E-state index >= 15 is 0 Å². The Morgan fingerprint density at radius 3 is 2.90 bits per heavy atom. The van der Waals surface area contributed by atoms with E-state index in [1.165, 1.54) is 7.11 Å². The van der Waals surface area contributed by atoms with Gasteiger partial charge in [-0.15, -0.1) is 0 Å². The lowest BCUT2D eigenvalue weighted by atomic mass is 10.2. The Morgan fingerprint density at radius 2 is 2.14 bits per heavy atom. The van der Waals surface area contributed by atoms with E-state index in [-0.39, 0.29) is 5.97 Å². The highest BCUT2D eigenvalue weighted by Crippen LogP contribution is 2.20. The molecule has 1 aromatic heterocycles. The molecule has 0 radical (unpaired) electrons. The zero-order valence-corrected chi connectivity index (χ0v) is 12.1. The summed E-state index contributed by atoms with van der Waals surface area (Å²) in [5, 5.41) is 4.24. The molecule has 0 saturated heterocycles. The Morgan fingerprint density at radius 1 is 1.33 bits per heavy atom. The van der Waals surface area contributed by atoms with Crippen LogP contribution in [0.15, 0.2) is 24.3 Å². The molecule has 2 rings (SSSR count). The summed E-state index contributed by atoms with van der Waals surface area (Å²) in [5.74, 6) is 1.31. The maximum atomic E-state index is 11.1. The van der Waals surface area contributed by atoms with Crippen molar-refractivity contribution in [3.05, 3.63) is 30.1 Å². The molecule has 0 spiro atoms. The van der Waals surface area contributed by atoms with E-state index < -0.39 is 0 Å². The monoisotopic (exact) mass is 288 g/mol. The van der Waals surface area contributed by atoms with Crippen molar-refractivity contribution in [1.29, 1.82) is 0 Å². The summed E-state index contributed by atoms with van der Waals surface area (Å²) in [5.41, 5.74) is 6.47. The van der Waals surface area contributed by atoms with Gasteiger partial charge in [0.1, 0.15) is 11.6 Å². The lowest BCUT2D eigenvalue weighted by Gasteiger charge is -2.10. The van der Waals surface area contributed by atoms with Gasteiger partial charge in [0.05, 0.1) is 12.6 Å². The number of esters is 1. The number of methoxy groups -OCH3 is 1. The molecule has 0 fully saturated rings. The highest BCUT2D eigenvalue weighted by atomic mass is 16.5. The van der Waals surface area contributed by atoms with Crippen LogP contribution >= 0.6 is 0 Å². The molecule has 0 saturated carbocycles. The van der Waals surface area contributed by atoms with Crippen LogP contribution in [-0.4, -0.2) is 36.1 Å². The third kappa shape index (κ3) is 4.13. The third-order valence-electron chi connectivity index (χ3n) is 3.10. The molecule has 0 unspecified atom stereocenters. The molecule has 0 bridgehead atoms. The summed E-state index contributed by atoms with van der Waals surface area (Å²) in [4.78, 5) is 20.1. The first-order valence-electron chi connectivity index (χ1n) is 7.01. The van der Waals surface area contributed by atoms with E-state index in [0.717, 1.165) is 22.5 Å². The van der Waals surface area contributed by atoms with Crippen LogP contribution in [0.4, 0.5) is 5.82 Å². The van der Waals surface area contributed by atoms with Crippen LogP contribution < -0.4 is 11.1 Å². The Hall–Kier alpha value is -2.21. The van der Waals surface area contributed by atoms with E-state index in [1.807, 2.05) is 24.3 Å². The van der Waals surface area contributed by atoms with Crippen molar-refractivity contribution in [1.82, 2.24) is 9.97 Å². The van der Waals surface area contributed by atoms with Gasteiger partial charge in [-0.2, -0.15) is 0 Å². The van der Waals surface area contributed by atoms with E-state index in [0.29, 0.717) is 32.4 Å². The summed E-state index contributed by atoms with van der Waals surface area (Å²) in [6.45, 7) is 1.16. The van der Waals surface area contributed by atoms with Gasteiger partial charge in [0.2, 0.25) is 0 Å². The second-order valence-corrected chi connectivity index (χ2v) is 4.65. The number of carbonyl (C=O) groups is 1. The molecule has 112 valence electrons. The molecule has 0 amide bonds. The van der Waals surface area contributed by atoms with Crippen molar-refractivity contribution in [2.45, 2.75) is 19.3 Å². The van der Waals surface area contributed by atoms with Gasteiger partial charge in [0.25, 0.3) is 0 Å². The summed E-state index contributed by atoms with van der Waals surface area (Å²) in [6.07, 6.45) is 1.72. The number of benzene rings is 1. The van der Waals surface area contributed by atoms with E-state index in [9.17, 15) is 4.79 Å². The number of para-hydroxylation sites is 1. The summed E-state index contributed by atoms with van der Waals surface area (Å²) < 4.78 is 4.62. The summed E-state index contributed by atoms with van der Waals surface area (Å²) >= 11 is 0. The van der Waals surface area contributed by atoms with Crippen LogP contribution in [0.3, 0.4) is 0 Å². The number of aromatic nitrogens is 2. The van der Waals surface area contributed by atoms with Gasteiger partial charge in [0.15, 0.2) is 0 Å². The fourth-order valence-corrected chi connectivity index (χ4v) is 2.04. The average Bonchev–Trinajstić information content (AvgIpc) is 2.51. The molecule has 6 heteroatoms. The van der Waals surface area contributed by atoms with E-state index in [2.05, 4.69) is 20.0 Å². The van der Waals surface area contributed by atoms with Crippen LogP contribution in [0, 0.1) is 0 Å². The predicted molar refractivity (Wildman–Crippen MR) is 82.0 cm³/mol. The van der Waals surface area contributed by atoms with Crippen molar-refractivity contribution < 1.29 is 9.53 Å². The highest BCUT2D eigenvalue weighted by Gasteiger charge is 2.07. The van der Waals surface area contributed by atoms with Gasteiger partial charge in [-0.1, -0.05) is 12.1 Å². The van der Waals surface area contributed by atoms with Gasteiger partial charge < -0.3 is 15.8 Å². The predicted octanol–water partition coefficient (Wildman–Crippen LogP) is 1.50. The molecule has 21 heavy (non-hydrogen) atoms. The van der Waals surface area contributed by atoms with Crippen molar-refractivity contribution >= 4 is 22.7 Å². The first-order chi connectivity index (χ1) is 10.2. The molecule has 6 nitrogen and oxygen atoms in total. The minimum absolute atomic E-state index is 0.201. The number of hydrogen-bond donors (Lipinski definition) is 2. The Balaban J connectivity index is 2.11. The third-order valence-corrected chi connectivity index (χ3v) is 3.10. The zero-order chi connectivity index (χ0) is 15.1. The normalized spacial score (nSPS) is 10.6. The lowest BCUT2D eigenvalue weighted by Crippen LogP contribution is -2.11. The summed E-state index contributed by atoms with van der Waals surface area (Å²) in [7, 11) is 1.40. The van der Waals surface area contributed by atoms with Crippen LogP contribution in [0.1, 0.15) is 18.7 Å². The van der Waals surface area contributed by atoms with Gasteiger partial charge in [0, 0.05) is 24.8 Å². The number of carbonyl (C=O) groups excluding carboxylic acids is 1. The van der Waals surface area contributed by atoms with Crippen molar-refractivity contribution in [3.8, 4) is 0 Å². The lowest BCUT2D eigenvalue weighted by molar-refractivity contribution is -0.140. The molecule has 0 atom stereocenters. The van der Waals surface area contributed by atoms with Crippen molar-refractivity contribution in [2.24, 2.45) is 5.73 Å². The molecule has 3 N–H and O–H groups in total. The Kier molecular flexibility index (Phi) is 5.45. The number of hydrogen-bond acceptors (Lipinski definition) is 6.